The van der Waals surface area contributed by atoms with Gasteiger partial charge in [0.2, 0.25) is 0 Å². The highest BCUT2D eigenvalue weighted by Gasteiger charge is 2.18. The molecule has 4 heteroatoms. The second-order valence-electron chi connectivity index (χ2n) is 9.05. The smallest absolute Gasteiger partial charge is 0.243 e. The highest BCUT2D eigenvalue weighted by Crippen LogP contribution is 2.31. The Labute approximate surface area is 209 Å². The molecule has 0 aliphatic rings. The van der Waals surface area contributed by atoms with Gasteiger partial charge in [0, 0.05) is 0 Å². The van der Waals surface area contributed by atoms with Gasteiger partial charge in [-0.1, -0.05) is 115 Å². The van der Waals surface area contributed by atoms with Crippen LogP contribution in [0.2, 0.25) is 0 Å². The van der Waals surface area contributed by atoms with Crippen LogP contribution in [0.5, 0.6) is 11.5 Å². The average molecular weight is 488 g/mol. The summed E-state index contributed by atoms with van der Waals surface area (Å²) in [7, 11) is -1.41. The molecule has 182 valence electrons. The van der Waals surface area contributed by atoms with Gasteiger partial charge in [0.15, 0.2) is 11.5 Å². The zero-order valence-electron chi connectivity index (χ0n) is 20.9. The minimum atomic E-state index is -1.41. The van der Waals surface area contributed by atoms with Crippen molar-refractivity contribution in [2.75, 3.05) is 0 Å². The van der Waals surface area contributed by atoms with Crippen molar-refractivity contribution < 1.29 is 9.05 Å². The molecule has 0 aliphatic carbocycles. The molecule has 33 heavy (non-hydrogen) atoms. The topological polar surface area (TPSA) is 18.5 Å². The lowest BCUT2D eigenvalue weighted by Gasteiger charge is -2.04. The molecule has 2 rings (SSSR count). The van der Waals surface area contributed by atoms with Crippen LogP contribution >= 0.6 is 7.15 Å². The first-order chi connectivity index (χ1) is 16.2. The molecular weight excluding hydrogens is 443 g/mol. The Morgan fingerprint density at radius 2 is 1.06 bits per heavy atom. The van der Waals surface area contributed by atoms with Gasteiger partial charge < -0.3 is 0 Å². The molecule has 1 atom stereocenters. The van der Waals surface area contributed by atoms with E-state index < -0.39 is 7.15 Å². The largest absolute Gasteiger partial charge is 0.626 e. The number of aryl methyl sites for hydroxylation is 2. The van der Waals surface area contributed by atoms with Crippen LogP contribution in [0.4, 0.5) is 0 Å². The van der Waals surface area contributed by atoms with Crippen molar-refractivity contribution in [3.8, 4) is 11.5 Å². The highest BCUT2D eigenvalue weighted by atomic mass is 32.4. The summed E-state index contributed by atoms with van der Waals surface area (Å²) >= 11 is 5.44. The van der Waals surface area contributed by atoms with E-state index in [9.17, 15) is 0 Å². The van der Waals surface area contributed by atoms with E-state index in [0.717, 1.165) is 24.3 Å². The fraction of sp³-hybridized carbons (Fsp3) is 0.586. The molecule has 0 aromatic heterocycles. The summed E-state index contributed by atoms with van der Waals surface area (Å²) in [5.74, 6) is 1.61. The molecule has 0 amide bonds. The molecular formula is C29H44O2PS+. The fourth-order valence-electron chi connectivity index (χ4n) is 4.12. The third-order valence-electron chi connectivity index (χ3n) is 6.13. The lowest BCUT2D eigenvalue weighted by atomic mass is 10.0. The van der Waals surface area contributed by atoms with Crippen molar-refractivity contribution in [1.29, 1.82) is 0 Å². The van der Waals surface area contributed by atoms with Crippen molar-refractivity contribution in [1.82, 2.24) is 0 Å². The lowest BCUT2D eigenvalue weighted by Crippen LogP contribution is -1.91. The maximum Gasteiger partial charge on any atom is 0.626 e. The van der Waals surface area contributed by atoms with E-state index in [2.05, 4.69) is 38.1 Å². The molecule has 0 heterocycles. The Hall–Kier alpha value is -1.44. The fourth-order valence-corrected chi connectivity index (χ4v) is 5.24. The summed E-state index contributed by atoms with van der Waals surface area (Å²) < 4.78 is 11.7. The molecule has 0 radical (unpaired) electrons. The van der Waals surface area contributed by atoms with Crippen molar-refractivity contribution in [3.63, 3.8) is 0 Å². The van der Waals surface area contributed by atoms with Crippen LogP contribution in [-0.4, -0.2) is 0 Å². The minimum Gasteiger partial charge on any atom is -0.243 e. The average Bonchev–Trinajstić information content (AvgIpc) is 2.82. The first-order valence-corrected chi connectivity index (χ1v) is 15.4. The van der Waals surface area contributed by atoms with Crippen molar-refractivity contribution >= 4 is 19.0 Å². The highest BCUT2D eigenvalue weighted by molar-refractivity contribution is 8.01. The Balaban J connectivity index is 1.55. The van der Waals surface area contributed by atoms with Crippen LogP contribution in [0.3, 0.4) is 0 Å². The van der Waals surface area contributed by atoms with E-state index >= 15 is 0 Å². The van der Waals surface area contributed by atoms with Gasteiger partial charge in [-0.15, -0.1) is 0 Å². The van der Waals surface area contributed by atoms with Crippen molar-refractivity contribution in [3.05, 3.63) is 59.7 Å². The second-order valence-corrected chi connectivity index (χ2v) is 10.8. The van der Waals surface area contributed by atoms with Gasteiger partial charge in [-0.3, -0.25) is 0 Å². The monoisotopic (exact) mass is 487 g/mol. The molecule has 0 spiro atoms. The first-order valence-electron chi connectivity index (χ1n) is 13.2. The predicted molar refractivity (Wildman–Crippen MR) is 147 cm³/mol. The van der Waals surface area contributed by atoms with Gasteiger partial charge in [-0.25, -0.2) is 9.05 Å². The van der Waals surface area contributed by atoms with Crippen LogP contribution in [0, 0.1) is 0 Å². The second kappa shape index (κ2) is 18.0. The number of unbranched alkanes of at least 4 members (excludes halogenated alkanes) is 12. The van der Waals surface area contributed by atoms with Gasteiger partial charge in [0.05, 0.1) is 0 Å². The van der Waals surface area contributed by atoms with Gasteiger partial charge in [-0.2, -0.15) is 0 Å². The number of hydrogen-bond donors (Lipinski definition) is 0. The van der Waals surface area contributed by atoms with Crippen molar-refractivity contribution in [2.24, 2.45) is 0 Å². The van der Waals surface area contributed by atoms with E-state index in [0.29, 0.717) is 0 Å². The van der Waals surface area contributed by atoms with Crippen LogP contribution in [0.25, 0.3) is 0 Å². The summed E-state index contributed by atoms with van der Waals surface area (Å²) in [5.41, 5.74) is 2.56. The van der Waals surface area contributed by atoms with Crippen LogP contribution in [0.15, 0.2) is 48.5 Å². The zero-order chi connectivity index (χ0) is 23.6. The molecule has 0 saturated heterocycles. The standard InChI is InChI=1S/C29H44O2PS/c1-3-5-6-7-8-9-10-11-12-13-14-15-16-19-27-21-18-23-29(25-27)31-32(33)30-28-22-17-20-26(4-2)24-28/h17-18,20-25H,3-16,19H2,1-2H3/q+1. The van der Waals surface area contributed by atoms with Gasteiger partial charge in [0.25, 0.3) is 11.8 Å². The quantitative estimate of drug-likeness (QED) is 0.145. The number of benzene rings is 2. The molecule has 1 unspecified atom stereocenters. The first kappa shape index (κ1) is 27.8. The van der Waals surface area contributed by atoms with E-state index in [1.165, 1.54) is 94.6 Å². The molecule has 0 bridgehead atoms. The summed E-state index contributed by atoms with van der Waals surface area (Å²) in [4.78, 5) is 0. The Bertz CT molecular complexity index is 793. The van der Waals surface area contributed by atoms with E-state index in [-0.39, 0.29) is 0 Å². The molecule has 2 nitrogen and oxygen atoms in total. The maximum atomic E-state index is 5.91. The number of hydrogen-bond acceptors (Lipinski definition) is 3. The summed E-state index contributed by atoms with van der Waals surface area (Å²) in [6, 6.07) is 16.4. The Kier molecular flexibility index (Phi) is 15.1. The zero-order valence-corrected chi connectivity index (χ0v) is 22.6. The summed E-state index contributed by atoms with van der Waals surface area (Å²) in [6.45, 7) is 4.42. The van der Waals surface area contributed by atoms with Gasteiger partial charge in [0.1, 0.15) is 0 Å². The molecule has 0 aliphatic heterocycles. The molecule has 2 aromatic rings. The molecule has 0 fully saturated rings. The van der Waals surface area contributed by atoms with Crippen LogP contribution < -0.4 is 9.05 Å². The van der Waals surface area contributed by atoms with E-state index in [1.54, 1.807) is 0 Å². The third-order valence-corrected chi connectivity index (χ3v) is 7.30. The van der Waals surface area contributed by atoms with Crippen molar-refractivity contribution in [2.45, 2.75) is 110 Å². The summed E-state index contributed by atoms with van der Waals surface area (Å²) in [5, 5.41) is 0. The molecule has 2 aromatic carbocycles. The molecule has 0 saturated carbocycles. The summed E-state index contributed by atoms with van der Waals surface area (Å²) in [6.07, 6.45) is 20.1. The predicted octanol–water partition coefficient (Wildman–Crippen LogP) is 10.1. The van der Waals surface area contributed by atoms with Gasteiger partial charge in [-0.05, 0) is 54.7 Å². The number of rotatable bonds is 19. The van der Waals surface area contributed by atoms with Crippen LogP contribution in [0.1, 0.15) is 108 Å². The van der Waals surface area contributed by atoms with E-state index in [1.807, 2.05) is 24.3 Å². The maximum absolute atomic E-state index is 5.91. The van der Waals surface area contributed by atoms with E-state index in [4.69, 9.17) is 20.9 Å². The third kappa shape index (κ3) is 13.1. The Morgan fingerprint density at radius 3 is 1.58 bits per heavy atom. The minimum absolute atomic E-state index is 0.790. The van der Waals surface area contributed by atoms with Crippen LogP contribution in [-0.2, 0) is 24.6 Å². The SMILES string of the molecule is CCCCCCCCCCCCCCCc1cccc(O[P+](=S)Oc2cccc(CC)c2)c1. The lowest BCUT2D eigenvalue weighted by molar-refractivity contribution is 0.512. The Morgan fingerprint density at radius 1 is 0.606 bits per heavy atom. The normalized spacial score (nSPS) is 11.4. The molecule has 0 N–H and O–H groups in total. The van der Waals surface area contributed by atoms with Gasteiger partial charge >= 0.3 is 7.15 Å².